The molecular formula is C8H5Br3O3. The SMILES string of the molecule is O=C1OC(=O)C2(Br)C(Br)CC=CC12Br. The lowest BCUT2D eigenvalue weighted by Crippen LogP contribution is -2.54. The Morgan fingerprint density at radius 1 is 1.36 bits per heavy atom. The average Bonchev–Trinajstić information content (AvgIpc) is 2.29. The van der Waals surface area contributed by atoms with Crippen molar-refractivity contribution >= 4 is 59.7 Å². The molecule has 3 atom stereocenters. The molecule has 0 aromatic heterocycles. The Labute approximate surface area is 106 Å². The van der Waals surface area contributed by atoms with Gasteiger partial charge in [0.1, 0.15) is 0 Å². The van der Waals surface area contributed by atoms with Crippen LogP contribution in [-0.4, -0.2) is 25.4 Å². The first-order chi connectivity index (χ1) is 6.43. The summed E-state index contributed by atoms with van der Waals surface area (Å²) in [6, 6.07) is 0. The minimum Gasteiger partial charge on any atom is -0.391 e. The lowest BCUT2D eigenvalue weighted by atomic mass is 9.85. The summed E-state index contributed by atoms with van der Waals surface area (Å²) < 4.78 is 2.52. The summed E-state index contributed by atoms with van der Waals surface area (Å²) in [7, 11) is 0. The van der Waals surface area contributed by atoms with Gasteiger partial charge in [0, 0.05) is 4.83 Å². The Morgan fingerprint density at radius 2 is 2.00 bits per heavy atom. The summed E-state index contributed by atoms with van der Waals surface area (Å²) in [5, 5.41) is 0. The van der Waals surface area contributed by atoms with Gasteiger partial charge < -0.3 is 4.74 Å². The van der Waals surface area contributed by atoms with E-state index in [1.165, 1.54) is 0 Å². The maximum atomic E-state index is 11.6. The normalized spacial score (nSPS) is 46.4. The number of carbonyl (C=O) groups is 2. The van der Waals surface area contributed by atoms with Crippen molar-refractivity contribution in [1.29, 1.82) is 0 Å². The molecule has 1 aliphatic carbocycles. The molecule has 0 aromatic rings. The number of carbonyl (C=O) groups excluding carboxylic acids is 2. The number of allylic oxidation sites excluding steroid dienone is 1. The van der Waals surface area contributed by atoms with Gasteiger partial charge >= 0.3 is 11.9 Å². The predicted molar refractivity (Wildman–Crippen MR) is 60.9 cm³/mol. The summed E-state index contributed by atoms with van der Waals surface area (Å²) in [6.45, 7) is 0. The second-order valence-electron chi connectivity index (χ2n) is 3.21. The number of halogens is 3. The molecule has 2 aliphatic rings. The summed E-state index contributed by atoms with van der Waals surface area (Å²) in [5.41, 5.74) is 0. The number of ether oxygens (including phenoxy) is 1. The molecule has 0 radical (unpaired) electrons. The van der Waals surface area contributed by atoms with Crippen LogP contribution in [0.5, 0.6) is 0 Å². The van der Waals surface area contributed by atoms with Crippen LogP contribution in [0.1, 0.15) is 6.42 Å². The van der Waals surface area contributed by atoms with Gasteiger partial charge in [-0.1, -0.05) is 59.9 Å². The van der Waals surface area contributed by atoms with Crippen LogP contribution in [0.25, 0.3) is 0 Å². The van der Waals surface area contributed by atoms with Crippen LogP contribution in [-0.2, 0) is 14.3 Å². The molecule has 0 saturated carbocycles. The van der Waals surface area contributed by atoms with Gasteiger partial charge in [0.05, 0.1) is 0 Å². The highest BCUT2D eigenvalue weighted by Crippen LogP contribution is 2.53. The highest BCUT2D eigenvalue weighted by molar-refractivity contribution is 9.14. The Morgan fingerprint density at radius 3 is 2.57 bits per heavy atom. The summed E-state index contributed by atoms with van der Waals surface area (Å²) in [5.74, 6) is -1.12. The Kier molecular flexibility index (Phi) is 2.44. The van der Waals surface area contributed by atoms with E-state index in [1.54, 1.807) is 6.08 Å². The monoisotopic (exact) mass is 386 g/mol. The van der Waals surface area contributed by atoms with Crippen molar-refractivity contribution in [3.8, 4) is 0 Å². The van der Waals surface area contributed by atoms with E-state index in [2.05, 4.69) is 52.5 Å². The number of esters is 2. The minimum absolute atomic E-state index is 0.168. The summed E-state index contributed by atoms with van der Waals surface area (Å²) in [4.78, 5) is 22.9. The number of hydrogen-bond donors (Lipinski definition) is 0. The molecule has 3 unspecified atom stereocenters. The highest BCUT2D eigenvalue weighted by atomic mass is 79.9. The number of fused-ring (bicyclic) bond motifs is 1. The van der Waals surface area contributed by atoms with Crippen LogP contribution >= 0.6 is 47.8 Å². The number of hydrogen-bond acceptors (Lipinski definition) is 3. The fraction of sp³-hybridized carbons (Fsp3) is 0.500. The van der Waals surface area contributed by atoms with E-state index in [0.29, 0.717) is 6.42 Å². The molecule has 0 amide bonds. The van der Waals surface area contributed by atoms with Crippen molar-refractivity contribution in [2.75, 3.05) is 0 Å². The second kappa shape index (κ2) is 3.15. The minimum atomic E-state index is -1.08. The molecule has 1 saturated heterocycles. The zero-order valence-corrected chi connectivity index (χ0v) is 11.6. The van der Waals surface area contributed by atoms with Gasteiger partial charge in [0.25, 0.3) is 0 Å². The standard InChI is InChI=1S/C8H5Br3O3/c9-4-2-1-3-7(10)5(12)14-6(13)8(4,7)11/h1,3-4H,2H2. The molecule has 0 aromatic carbocycles. The van der Waals surface area contributed by atoms with Crippen molar-refractivity contribution in [3.05, 3.63) is 12.2 Å². The molecule has 1 heterocycles. The lowest BCUT2D eigenvalue weighted by Gasteiger charge is -2.35. The molecule has 2 rings (SSSR count). The van der Waals surface area contributed by atoms with Crippen LogP contribution in [0.3, 0.4) is 0 Å². The van der Waals surface area contributed by atoms with Gasteiger partial charge in [-0.25, -0.2) is 9.59 Å². The molecule has 0 spiro atoms. The van der Waals surface area contributed by atoms with E-state index in [-0.39, 0.29) is 4.83 Å². The van der Waals surface area contributed by atoms with Crippen LogP contribution < -0.4 is 0 Å². The van der Waals surface area contributed by atoms with Crippen LogP contribution in [0.15, 0.2) is 12.2 Å². The largest absolute Gasteiger partial charge is 0.391 e. The van der Waals surface area contributed by atoms with Gasteiger partial charge in [-0.05, 0) is 6.42 Å². The molecule has 6 heteroatoms. The quantitative estimate of drug-likeness (QED) is 0.276. The number of alkyl halides is 3. The maximum absolute atomic E-state index is 11.6. The van der Waals surface area contributed by atoms with E-state index in [1.807, 2.05) is 6.08 Å². The van der Waals surface area contributed by atoms with Crippen molar-refractivity contribution in [1.82, 2.24) is 0 Å². The number of rotatable bonds is 0. The highest BCUT2D eigenvalue weighted by Gasteiger charge is 2.69. The molecule has 1 aliphatic heterocycles. The Bertz CT molecular complexity index is 354. The van der Waals surface area contributed by atoms with Crippen LogP contribution in [0.4, 0.5) is 0 Å². The molecule has 14 heavy (non-hydrogen) atoms. The third kappa shape index (κ3) is 1.08. The van der Waals surface area contributed by atoms with Crippen molar-refractivity contribution in [3.63, 3.8) is 0 Å². The lowest BCUT2D eigenvalue weighted by molar-refractivity contribution is -0.152. The van der Waals surface area contributed by atoms with E-state index >= 15 is 0 Å². The fourth-order valence-corrected chi connectivity index (χ4v) is 3.93. The average molecular weight is 389 g/mol. The first kappa shape index (κ1) is 10.8. The van der Waals surface area contributed by atoms with E-state index in [4.69, 9.17) is 0 Å². The third-order valence-electron chi connectivity index (χ3n) is 2.43. The van der Waals surface area contributed by atoms with Gasteiger partial charge in [-0.2, -0.15) is 0 Å². The maximum Gasteiger partial charge on any atom is 0.336 e. The summed E-state index contributed by atoms with van der Waals surface area (Å²) in [6.07, 6.45) is 4.17. The predicted octanol–water partition coefficient (Wildman–Crippen LogP) is 2.06. The number of cyclic esters (lactones) is 2. The first-order valence-corrected chi connectivity index (χ1v) is 6.39. The molecule has 1 fully saturated rings. The van der Waals surface area contributed by atoms with Gasteiger partial charge in [-0.15, -0.1) is 0 Å². The molecular weight excluding hydrogens is 384 g/mol. The first-order valence-electron chi connectivity index (χ1n) is 3.89. The van der Waals surface area contributed by atoms with E-state index < -0.39 is 20.6 Å². The molecule has 76 valence electrons. The van der Waals surface area contributed by atoms with Gasteiger partial charge in [0.2, 0.25) is 0 Å². The Balaban J connectivity index is 2.61. The summed E-state index contributed by atoms with van der Waals surface area (Å²) >= 11 is 9.95. The van der Waals surface area contributed by atoms with Crippen molar-refractivity contribution in [2.24, 2.45) is 0 Å². The Hall–Kier alpha value is 0.320. The third-order valence-corrected chi connectivity index (χ3v) is 7.35. The molecule has 3 nitrogen and oxygen atoms in total. The fourth-order valence-electron chi connectivity index (χ4n) is 1.59. The van der Waals surface area contributed by atoms with Gasteiger partial charge in [-0.3, -0.25) is 0 Å². The van der Waals surface area contributed by atoms with Crippen LogP contribution in [0, 0.1) is 0 Å². The molecule has 0 N–H and O–H groups in total. The second-order valence-corrected chi connectivity index (χ2v) is 6.81. The van der Waals surface area contributed by atoms with Crippen molar-refractivity contribution < 1.29 is 14.3 Å². The smallest absolute Gasteiger partial charge is 0.336 e. The molecule has 0 bridgehead atoms. The van der Waals surface area contributed by atoms with E-state index in [9.17, 15) is 9.59 Å². The van der Waals surface area contributed by atoms with Gasteiger partial charge in [0.15, 0.2) is 8.65 Å². The topological polar surface area (TPSA) is 43.4 Å². The van der Waals surface area contributed by atoms with Crippen LogP contribution in [0.2, 0.25) is 0 Å². The zero-order valence-electron chi connectivity index (χ0n) is 6.80. The van der Waals surface area contributed by atoms with Crippen molar-refractivity contribution in [2.45, 2.75) is 19.9 Å². The zero-order chi connectivity index (χ0) is 10.6. The van der Waals surface area contributed by atoms with E-state index in [0.717, 1.165) is 0 Å².